The Kier molecular flexibility index (Phi) is 9.55. The van der Waals surface area contributed by atoms with Crippen LogP contribution in [0, 0.1) is 0 Å². The second-order valence-electron chi connectivity index (χ2n) is 9.56. The van der Waals surface area contributed by atoms with Gasteiger partial charge >= 0.3 is 5.97 Å². The second-order valence-corrected chi connectivity index (χ2v) is 12.6. The van der Waals surface area contributed by atoms with Crippen LogP contribution in [0.25, 0.3) is 10.4 Å². The van der Waals surface area contributed by atoms with Gasteiger partial charge in [-0.05, 0) is 56.2 Å². The summed E-state index contributed by atoms with van der Waals surface area (Å²) in [5.41, 5.74) is 7.61. The molecule has 0 radical (unpaired) electrons. The molecule has 9 nitrogen and oxygen atoms in total. The van der Waals surface area contributed by atoms with Crippen LogP contribution >= 0.6 is 11.3 Å². The van der Waals surface area contributed by atoms with E-state index in [0.29, 0.717) is 5.75 Å². The quantitative estimate of drug-likeness (QED) is 0.184. The van der Waals surface area contributed by atoms with Crippen molar-refractivity contribution >= 4 is 27.3 Å². The lowest BCUT2D eigenvalue weighted by atomic mass is 10.1. The molecule has 0 saturated heterocycles. The van der Waals surface area contributed by atoms with Gasteiger partial charge in [0.15, 0.2) is 0 Å². The molecule has 0 spiro atoms. The fourth-order valence-electron chi connectivity index (χ4n) is 3.52. The number of ether oxygens (including phenoxy) is 2. The summed E-state index contributed by atoms with van der Waals surface area (Å²) in [6, 6.07) is 19.3. The summed E-state index contributed by atoms with van der Waals surface area (Å²) in [6.07, 6.45) is 1.57. The highest BCUT2D eigenvalue weighted by molar-refractivity contribution is 7.91. The van der Waals surface area contributed by atoms with E-state index < -0.39 is 22.0 Å². The Morgan fingerprint density at radius 2 is 1.74 bits per heavy atom. The van der Waals surface area contributed by atoms with Gasteiger partial charge in [0.25, 0.3) is 0 Å². The molecule has 0 saturated carbocycles. The molecular weight excluding hydrogens is 524 g/mol. The van der Waals surface area contributed by atoms with Crippen LogP contribution in [0.2, 0.25) is 0 Å². The molecule has 0 amide bonds. The van der Waals surface area contributed by atoms with E-state index in [-0.39, 0.29) is 28.5 Å². The smallest absolute Gasteiger partial charge is 0.330 e. The van der Waals surface area contributed by atoms with Crippen molar-refractivity contribution in [1.82, 2.24) is 9.73 Å². The predicted molar refractivity (Wildman–Crippen MR) is 150 cm³/mol. The number of hydrogen-bond acceptors (Lipinski definition) is 9. The Hall–Kier alpha value is -3.38. The second kappa shape index (κ2) is 12.4. The summed E-state index contributed by atoms with van der Waals surface area (Å²) < 4.78 is 39.0. The summed E-state index contributed by atoms with van der Waals surface area (Å²) in [5, 5.41) is 1.13. The third-order valence-corrected chi connectivity index (χ3v) is 8.32. The van der Waals surface area contributed by atoms with E-state index >= 15 is 0 Å². The first-order valence-electron chi connectivity index (χ1n) is 11.9. The average Bonchev–Trinajstić information content (AvgIpc) is 3.38. The normalized spacial score (nSPS) is 13.1. The van der Waals surface area contributed by atoms with Crippen LogP contribution in [-0.2, 0) is 26.0 Å². The maximum atomic E-state index is 12.8. The summed E-state index contributed by atoms with van der Waals surface area (Å²) >= 11 is 1.16. The van der Waals surface area contributed by atoms with Gasteiger partial charge in [-0.2, -0.15) is 0 Å². The van der Waals surface area contributed by atoms with E-state index in [1.54, 1.807) is 12.1 Å². The highest BCUT2D eigenvalue weighted by Gasteiger charge is 2.25. The monoisotopic (exact) mass is 558 g/mol. The number of benzene rings is 2. The molecule has 38 heavy (non-hydrogen) atoms. The zero-order chi connectivity index (χ0) is 27.9. The van der Waals surface area contributed by atoms with Crippen molar-refractivity contribution in [1.29, 1.82) is 0 Å². The molecule has 0 fully saturated rings. The Morgan fingerprint density at radius 3 is 2.34 bits per heavy atom. The Morgan fingerprint density at radius 1 is 1.08 bits per heavy atom. The van der Waals surface area contributed by atoms with Crippen molar-refractivity contribution in [2.45, 2.75) is 43.0 Å². The van der Waals surface area contributed by atoms with Crippen molar-refractivity contribution < 1.29 is 22.7 Å². The van der Waals surface area contributed by atoms with Crippen molar-refractivity contribution in [2.24, 2.45) is 11.6 Å². The lowest BCUT2D eigenvalue weighted by molar-refractivity contribution is -0.146. The number of nitrogens with two attached hydrogens (primary N) is 2. The lowest BCUT2D eigenvalue weighted by Gasteiger charge is -2.25. The molecule has 1 aromatic heterocycles. The van der Waals surface area contributed by atoms with Gasteiger partial charge in [0.1, 0.15) is 21.6 Å². The van der Waals surface area contributed by atoms with Gasteiger partial charge in [0, 0.05) is 23.2 Å². The molecule has 1 heterocycles. The number of sulfonamides is 1. The summed E-state index contributed by atoms with van der Waals surface area (Å²) in [4.78, 5) is 13.3. The van der Waals surface area contributed by atoms with Gasteiger partial charge in [0.05, 0.1) is 13.7 Å². The number of rotatable bonds is 11. The summed E-state index contributed by atoms with van der Waals surface area (Å²) in [5.74, 6) is 6.30. The van der Waals surface area contributed by atoms with Gasteiger partial charge < -0.3 is 20.2 Å². The topological polar surface area (TPSA) is 137 Å². The van der Waals surface area contributed by atoms with Crippen molar-refractivity contribution in [3.05, 3.63) is 84.2 Å². The molecule has 0 aliphatic rings. The minimum Gasteiger partial charge on any atom is -0.488 e. The highest BCUT2D eigenvalue weighted by Crippen LogP contribution is 2.30. The van der Waals surface area contributed by atoms with E-state index in [0.717, 1.165) is 32.3 Å². The fraction of sp³-hybridized carbons (Fsp3) is 0.296. The van der Waals surface area contributed by atoms with Crippen molar-refractivity contribution in [3.63, 3.8) is 0 Å². The first kappa shape index (κ1) is 29.2. The van der Waals surface area contributed by atoms with E-state index in [2.05, 4.69) is 4.72 Å². The maximum absolute atomic E-state index is 12.8. The van der Waals surface area contributed by atoms with Crippen LogP contribution in [0.5, 0.6) is 5.75 Å². The van der Waals surface area contributed by atoms with Gasteiger partial charge in [-0.25, -0.2) is 23.8 Å². The van der Waals surface area contributed by atoms with Crippen molar-refractivity contribution in [2.75, 3.05) is 13.7 Å². The van der Waals surface area contributed by atoms with Gasteiger partial charge in [-0.3, -0.25) is 0 Å². The van der Waals surface area contributed by atoms with Crippen LogP contribution < -0.4 is 21.0 Å². The Bertz CT molecular complexity index is 1350. The maximum Gasteiger partial charge on any atom is 0.330 e. The molecule has 3 aromatic rings. The number of hydrogen-bond donors (Lipinski definition) is 3. The molecular formula is C27H34N4O5S2. The first-order chi connectivity index (χ1) is 17.9. The van der Waals surface area contributed by atoms with Crippen LogP contribution in [-0.4, -0.2) is 44.7 Å². The number of carbonyl (C=O) groups is 1. The predicted octanol–water partition coefficient (Wildman–Crippen LogP) is 3.63. The number of methoxy groups -OCH3 is 1. The van der Waals surface area contributed by atoms with Crippen LogP contribution in [0.15, 0.2) is 82.8 Å². The number of nitrogens with one attached hydrogen (secondary N) is 1. The fourth-order valence-corrected chi connectivity index (χ4v) is 5.89. The number of hydrazine groups is 1. The number of thiophene rings is 1. The Labute approximate surface area is 228 Å². The zero-order valence-electron chi connectivity index (χ0n) is 21.9. The molecule has 0 unspecified atom stereocenters. The number of nitrogens with zero attached hydrogens (tertiary/aromatic N) is 1. The van der Waals surface area contributed by atoms with Gasteiger partial charge in [-0.1, -0.05) is 42.5 Å². The van der Waals surface area contributed by atoms with E-state index in [4.69, 9.17) is 21.1 Å². The molecule has 0 bridgehead atoms. The van der Waals surface area contributed by atoms with Gasteiger partial charge in [-0.15, -0.1) is 11.3 Å². The molecule has 0 aliphatic heterocycles. The third kappa shape index (κ3) is 8.32. The Balaban J connectivity index is 1.65. The molecule has 5 N–H and O–H groups in total. The van der Waals surface area contributed by atoms with E-state index in [9.17, 15) is 13.2 Å². The first-order valence-corrected chi connectivity index (χ1v) is 14.2. The van der Waals surface area contributed by atoms with Crippen LogP contribution in [0.1, 0.15) is 26.3 Å². The largest absolute Gasteiger partial charge is 0.488 e. The molecule has 0 aliphatic carbocycles. The zero-order valence-corrected chi connectivity index (χ0v) is 23.5. The minimum atomic E-state index is -3.80. The molecule has 3 rings (SSSR count). The minimum absolute atomic E-state index is 0.124. The molecule has 1 atom stereocenters. The van der Waals surface area contributed by atoms with E-state index in [1.165, 1.54) is 13.3 Å². The lowest BCUT2D eigenvalue weighted by Crippen LogP contribution is -2.45. The summed E-state index contributed by atoms with van der Waals surface area (Å²) in [6.45, 7) is 5.68. The van der Waals surface area contributed by atoms with Crippen molar-refractivity contribution in [3.8, 4) is 16.2 Å². The standard InChI is InChI=1S/C27H34N4O5S2/c1-27(2,3)36-22-12-10-19(11-13-22)16-23(26(32)35-4)31(29)18-21(28)17-30-38(33,34)25-15-14-24(37-25)20-8-6-5-7-9-20/h5-15,18,23,30H,16-17,28-29H2,1-4H3/b21-18-/t23-/m0/s1. The summed E-state index contributed by atoms with van der Waals surface area (Å²) in [7, 11) is -2.53. The average molecular weight is 559 g/mol. The number of carbonyl (C=O) groups excluding carboxylic acids is 1. The van der Waals surface area contributed by atoms with Crippen LogP contribution in [0.3, 0.4) is 0 Å². The van der Waals surface area contributed by atoms with Crippen LogP contribution in [0.4, 0.5) is 0 Å². The third-order valence-electron chi connectivity index (χ3n) is 5.30. The van der Waals surface area contributed by atoms with E-state index in [1.807, 2.05) is 75.4 Å². The molecule has 204 valence electrons. The SMILES string of the molecule is COC(=O)[C@H](Cc1ccc(OC(C)(C)C)cc1)N(N)/C=C(\N)CNS(=O)(=O)c1ccc(-c2ccccc2)s1. The number of esters is 1. The van der Waals surface area contributed by atoms with Gasteiger partial charge in [0.2, 0.25) is 10.0 Å². The molecule has 11 heteroatoms. The molecule has 2 aromatic carbocycles. The highest BCUT2D eigenvalue weighted by atomic mass is 32.2.